The third kappa shape index (κ3) is 2.70. The fraction of sp³-hybridized carbons (Fsp3) is 0.176. The quantitative estimate of drug-likeness (QED) is 0.886. The van der Waals surface area contributed by atoms with Gasteiger partial charge >= 0.3 is 0 Å². The second-order valence-electron chi connectivity index (χ2n) is 5.31. The Morgan fingerprint density at radius 3 is 2.55 bits per heavy atom. The van der Waals surface area contributed by atoms with E-state index < -0.39 is 6.04 Å². The zero-order valence-corrected chi connectivity index (χ0v) is 12.0. The third-order valence-electron chi connectivity index (χ3n) is 3.59. The highest BCUT2D eigenvalue weighted by Gasteiger charge is 2.39. The van der Waals surface area contributed by atoms with Gasteiger partial charge in [0.1, 0.15) is 11.9 Å². The largest absolute Gasteiger partial charge is 0.373 e. The highest BCUT2D eigenvalue weighted by Crippen LogP contribution is 2.25. The van der Waals surface area contributed by atoms with Gasteiger partial charge in [-0.1, -0.05) is 12.1 Å². The van der Waals surface area contributed by atoms with Gasteiger partial charge in [-0.3, -0.25) is 9.59 Å². The van der Waals surface area contributed by atoms with E-state index in [0.717, 1.165) is 5.56 Å². The minimum atomic E-state index is -0.626. The Labute approximate surface area is 127 Å². The van der Waals surface area contributed by atoms with Gasteiger partial charge in [0.25, 0.3) is 5.91 Å². The predicted octanol–water partition coefficient (Wildman–Crippen LogP) is 2.88. The van der Waals surface area contributed by atoms with Crippen molar-refractivity contribution >= 4 is 23.2 Å². The van der Waals surface area contributed by atoms with Crippen LogP contribution in [0.15, 0.2) is 48.5 Å². The molecule has 1 aliphatic heterocycles. The molecule has 0 aromatic heterocycles. The van der Waals surface area contributed by atoms with Crippen LogP contribution in [0.1, 0.15) is 12.0 Å². The van der Waals surface area contributed by atoms with Crippen molar-refractivity contribution in [3.05, 3.63) is 59.9 Å². The summed E-state index contributed by atoms with van der Waals surface area (Å²) in [5.74, 6) is -0.879. The maximum atomic E-state index is 12.9. The second-order valence-corrected chi connectivity index (χ2v) is 5.31. The summed E-state index contributed by atoms with van der Waals surface area (Å²) in [7, 11) is 0. The van der Waals surface area contributed by atoms with Crippen LogP contribution in [0.3, 0.4) is 0 Å². The van der Waals surface area contributed by atoms with Gasteiger partial charge in [0, 0.05) is 5.69 Å². The number of amides is 2. The van der Waals surface area contributed by atoms with Crippen LogP contribution in [-0.4, -0.2) is 17.9 Å². The van der Waals surface area contributed by atoms with E-state index in [0.29, 0.717) is 11.4 Å². The van der Waals surface area contributed by atoms with E-state index in [1.54, 1.807) is 24.3 Å². The first-order chi connectivity index (χ1) is 10.5. The maximum absolute atomic E-state index is 12.9. The number of imide groups is 1. The van der Waals surface area contributed by atoms with Crippen LogP contribution in [0.5, 0.6) is 0 Å². The number of hydrogen-bond donors (Lipinski definition) is 1. The number of carbonyl (C=O) groups excluding carboxylic acids is 2. The molecule has 3 rings (SSSR count). The molecule has 1 aliphatic rings. The molecule has 0 saturated carbocycles. The third-order valence-corrected chi connectivity index (χ3v) is 3.59. The Balaban J connectivity index is 1.81. The van der Waals surface area contributed by atoms with E-state index in [1.165, 1.54) is 17.0 Å². The molecule has 0 radical (unpaired) electrons. The van der Waals surface area contributed by atoms with Crippen LogP contribution in [0.25, 0.3) is 0 Å². The molecule has 0 bridgehead atoms. The van der Waals surface area contributed by atoms with Gasteiger partial charge in [0.05, 0.1) is 12.1 Å². The fourth-order valence-electron chi connectivity index (χ4n) is 2.53. The Kier molecular flexibility index (Phi) is 3.63. The minimum Gasteiger partial charge on any atom is -0.373 e. The fourth-order valence-corrected chi connectivity index (χ4v) is 2.53. The Morgan fingerprint density at radius 1 is 1.14 bits per heavy atom. The zero-order chi connectivity index (χ0) is 15.7. The maximum Gasteiger partial charge on any atom is 0.256 e. The number of rotatable bonds is 3. The first-order valence-electron chi connectivity index (χ1n) is 7.00. The summed E-state index contributed by atoms with van der Waals surface area (Å²) in [5, 5.41) is 2.98. The Hall–Kier alpha value is -2.69. The van der Waals surface area contributed by atoms with Gasteiger partial charge in [-0.2, -0.15) is 0 Å². The minimum absolute atomic E-state index is 0.0875. The Morgan fingerprint density at radius 2 is 1.86 bits per heavy atom. The number of aryl methyl sites for hydroxylation is 1. The van der Waals surface area contributed by atoms with Crippen LogP contribution >= 0.6 is 0 Å². The van der Waals surface area contributed by atoms with Crippen LogP contribution in [0, 0.1) is 12.7 Å². The lowest BCUT2D eigenvalue weighted by atomic mass is 10.2. The average Bonchev–Trinajstić information content (AvgIpc) is 2.76. The number of anilines is 2. The van der Waals surface area contributed by atoms with Gasteiger partial charge in [0.2, 0.25) is 5.91 Å². The van der Waals surface area contributed by atoms with Crippen molar-refractivity contribution in [2.45, 2.75) is 19.4 Å². The molecular formula is C17H15FN2O2. The smallest absolute Gasteiger partial charge is 0.256 e. The molecule has 1 unspecified atom stereocenters. The van der Waals surface area contributed by atoms with Gasteiger partial charge in [-0.25, -0.2) is 9.29 Å². The summed E-state index contributed by atoms with van der Waals surface area (Å²) < 4.78 is 12.9. The molecule has 2 amide bonds. The monoisotopic (exact) mass is 298 g/mol. The lowest BCUT2D eigenvalue weighted by molar-refractivity contribution is -0.121. The summed E-state index contributed by atoms with van der Waals surface area (Å²) in [6.07, 6.45) is 0.0875. The van der Waals surface area contributed by atoms with Gasteiger partial charge in [0.15, 0.2) is 0 Å². The van der Waals surface area contributed by atoms with Crippen molar-refractivity contribution < 1.29 is 14.0 Å². The normalized spacial score (nSPS) is 17.9. The highest BCUT2D eigenvalue weighted by molar-refractivity contribution is 6.23. The number of hydrogen-bond acceptors (Lipinski definition) is 3. The summed E-state index contributed by atoms with van der Waals surface area (Å²) in [6, 6.07) is 12.3. The SMILES string of the molecule is Cc1cccc(N2C(=O)CC(Nc3ccc(F)cc3)C2=O)c1. The lowest BCUT2D eigenvalue weighted by Gasteiger charge is -2.16. The molecule has 1 saturated heterocycles. The molecule has 2 aromatic rings. The first-order valence-corrected chi connectivity index (χ1v) is 7.00. The highest BCUT2D eigenvalue weighted by atomic mass is 19.1. The first kappa shape index (κ1) is 14.3. The van der Waals surface area contributed by atoms with Gasteiger partial charge in [-0.05, 0) is 48.9 Å². The van der Waals surface area contributed by atoms with Crippen LogP contribution in [0.4, 0.5) is 15.8 Å². The van der Waals surface area contributed by atoms with Crippen molar-refractivity contribution in [1.82, 2.24) is 0 Å². The number of benzene rings is 2. The number of nitrogens with one attached hydrogen (secondary N) is 1. The van der Waals surface area contributed by atoms with E-state index in [2.05, 4.69) is 5.32 Å². The molecule has 2 aromatic carbocycles. The van der Waals surface area contributed by atoms with Crippen LogP contribution in [0.2, 0.25) is 0 Å². The predicted molar refractivity (Wildman–Crippen MR) is 82.1 cm³/mol. The number of nitrogens with zero attached hydrogens (tertiary/aromatic N) is 1. The molecule has 5 heteroatoms. The van der Waals surface area contributed by atoms with Crippen molar-refractivity contribution in [2.75, 3.05) is 10.2 Å². The molecule has 1 N–H and O–H groups in total. The molecule has 0 aliphatic carbocycles. The summed E-state index contributed by atoms with van der Waals surface area (Å²) >= 11 is 0. The van der Waals surface area contributed by atoms with Crippen LogP contribution < -0.4 is 10.2 Å². The molecule has 4 nitrogen and oxygen atoms in total. The summed E-state index contributed by atoms with van der Waals surface area (Å²) in [4.78, 5) is 25.8. The molecule has 0 spiro atoms. The standard InChI is InChI=1S/C17H15FN2O2/c1-11-3-2-4-14(9-11)20-16(21)10-15(17(20)22)19-13-7-5-12(18)6-8-13/h2-9,15,19H,10H2,1H3. The van der Waals surface area contributed by atoms with E-state index in [1.807, 2.05) is 19.1 Å². The van der Waals surface area contributed by atoms with E-state index in [9.17, 15) is 14.0 Å². The zero-order valence-electron chi connectivity index (χ0n) is 12.0. The van der Waals surface area contributed by atoms with Crippen molar-refractivity contribution in [2.24, 2.45) is 0 Å². The summed E-state index contributed by atoms with van der Waals surface area (Å²) in [5.41, 5.74) is 2.17. The lowest BCUT2D eigenvalue weighted by Crippen LogP contribution is -2.34. The van der Waals surface area contributed by atoms with Crippen LogP contribution in [-0.2, 0) is 9.59 Å². The van der Waals surface area contributed by atoms with Gasteiger partial charge < -0.3 is 5.32 Å². The van der Waals surface area contributed by atoms with E-state index in [-0.39, 0.29) is 24.1 Å². The average molecular weight is 298 g/mol. The summed E-state index contributed by atoms with van der Waals surface area (Å²) in [6.45, 7) is 1.91. The second kappa shape index (κ2) is 5.60. The molecule has 1 fully saturated rings. The number of carbonyl (C=O) groups is 2. The van der Waals surface area contributed by atoms with Crippen molar-refractivity contribution in [1.29, 1.82) is 0 Å². The molecule has 1 atom stereocenters. The van der Waals surface area contributed by atoms with Crippen molar-refractivity contribution in [3.8, 4) is 0 Å². The van der Waals surface area contributed by atoms with Crippen molar-refractivity contribution in [3.63, 3.8) is 0 Å². The van der Waals surface area contributed by atoms with Gasteiger partial charge in [-0.15, -0.1) is 0 Å². The molecule has 1 heterocycles. The van der Waals surface area contributed by atoms with E-state index >= 15 is 0 Å². The molecular weight excluding hydrogens is 283 g/mol. The number of halogens is 1. The Bertz CT molecular complexity index is 728. The van der Waals surface area contributed by atoms with E-state index in [4.69, 9.17) is 0 Å². The molecule has 22 heavy (non-hydrogen) atoms. The molecule has 112 valence electrons. The topological polar surface area (TPSA) is 49.4 Å².